The van der Waals surface area contributed by atoms with Crippen LogP contribution in [0.3, 0.4) is 0 Å². The Bertz CT molecular complexity index is 425. The largest absolute Gasteiger partial charge is 0.357 e. The highest BCUT2D eigenvalue weighted by Gasteiger charge is 2.01. The first-order valence-corrected chi connectivity index (χ1v) is 7.99. The van der Waals surface area contributed by atoms with Gasteiger partial charge in [-0.2, -0.15) is 0 Å². The molecule has 0 fully saturated rings. The second kappa shape index (κ2) is 10.2. The van der Waals surface area contributed by atoms with Crippen LogP contribution in [0.15, 0.2) is 29.3 Å². The summed E-state index contributed by atoms with van der Waals surface area (Å²) in [4.78, 5) is 7.05. The smallest absolute Gasteiger partial charge is 0.191 e. The molecule has 0 saturated carbocycles. The molecule has 21 heavy (non-hydrogen) atoms. The lowest BCUT2D eigenvalue weighted by atomic mass is 10.1. The molecule has 0 saturated heterocycles. The molecule has 0 radical (unpaired) electrons. The van der Waals surface area contributed by atoms with Gasteiger partial charge in [0.2, 0.25) is 0 Å². The Morgan fingerprint density at radius 3 is 2.52 bits per heavy atom. The van der Waals surface area contributed by atoms with E-state index in [1.807, 2.05) is 0 Å². The molecule has 1 rings (SSSR count). The van der Waals surface area contributed by atoms with Gasteiger partial charge < -0.3 is 15.5 Å². The van der Waals surface area contributed by atoms with Crippen molar-refractivity contribution in [2.75, 3.05) is 32.7 Å². The van der Waals surface area contributed by atoms with Gasteiger partial charge in [0.25, 0.3) is 0 Å². The minimum absolute atomic E-state index is 0.711. The van der Waals surface area contributed by atoms with E-state index in [1.54, 1.807) is 0 Å². The van der Waals surface area contributed by atoms with Gasteiger partial charge in [0, 0.05) is 19.6 Å². The number of benzene rings is 1. The number of hydrogen-bond donors (Lipinski definition) is 2. The lowest BCUT2D eigenvalue weighted by Crippen LogP contribution is -2.41. The van der Waals surface area contributed by atoms with E-state index in [1.165, 1.54) is 11.1 Å². The molecule has 118 valence electrons. The third-order valence-electron chi connectivity index (χ3n) is 3.46. The first kappa shape index (κ1) is 17.5. The van der Waals surface area contributed by atoms with Gasteiger partial charge in [0.1, 0.15) is 0 Å². The summed E-state index contributed by atoms with van der Waals surface area (Å²) in [6.45, 7) is 14.3. The zero-order valence-corrected chi connectivity index (χ0v) is 13.9. The molecule has 1 aromatic carbocycles. The average molecular weight is 290 g/mol. The van der Waals surface area contributed by atoms with Crippen molar-refractivity contribution in [2.45, 2.75) is 34.2 Å². The predicted molar refractivity (Wildman–Crippen MR) is 91.8 cm³/mol. The number of aryl methyl sites for hydroxylation is 1. The van der Waals surface area contributed by atoms with E-state index in [9.17, 15) is 0 Å². The van der Waals surface area contributed by atoms with Gasteiger partial charge in [-0.15, -0.1) is 0 Å². The fourth-order valence-corrected chi connectivity index (χ4v) is 2.19. The fraction of sp³-hybridized carbons (Fsp3) is 0.588. The molecule has 0 spiro atoms. The Kier molecular flexibility index (Phi) is 8.51. The van der Waals surface area contributed by atoms with E-state index in [4.69, 9.17) is 0 Å². The molecule has 0 aliphatic carbocycles. The van der Waals surface area contributed by atoms with E-state index < -0.39 is 0 Å². The van der Waals surface area contributed by atoms with Crippen molar-refractivity contribution in [3.63, 3.8) is 0 Å². The summed E-state index contributed by atoms with van der Waals surface area (Å²) in [5, 5.41) is 6.70. The number of rotatable bonds is 8. The van der Waals surface area contributed by atoms with Gasteiger partial charge in [-0.25, -0.2) is 4.99 Å². The van der Waals surface area contributed by atoms with E-state index in [0.717, 1.165) is 38.7 Å². The van der Waals surface area contributed by atoms with Crippen LogP contribution in [0.5, 0.6) is 0 Å². The summed E-state index contributed by atoms with van der Waals surface area (Å²) in [7, 11) is 0. The number of likely N-dealkylation sites (N-methyl/N-ethyl adjacent to an activating group) is 1. The van der Waals surface area contributed by atoms with Gasteiger partial charge in [0.15, 0.2) is 5.96 Å². The summed E-state index contributed by atoms with van der Waals surface area (Å²) in [5.41, 5.74) is 2.53. The van der Waals surface area contributed by atoms with Crippen molar-refractivity contribution < 1.29 is 0 Å². The summed E-state index contributed by atoms with van der Waals surface area (Å²) < 4.78 is 0. The SMILES string of the molecule is CCNC(=NCc1cccc(C)c1)NCCN(CC)CC. The molecular weight excluding hydrogens is 260 g/mol. The van der Waals surface area contributed by atoms with Crippen molar-refractivity contribution in [3.8, 4) is 0 Å². The minimum atomic E-state index is 0.711. The number of hydrogen-bond acceptors (Lipinski definition) is 2. The Balaban J connectivity index is 2.49. The van der Waals surface area contributed by atoms with Crippen LogP contribution >= 0.6 is 0 Å². The monoisotopic (exact) mass is 290 g/mol. The summed E-state index contributed by atoms with van der Waals surface area (Å²) >= 11 is 0. The molecule has 0 atom stereocenters. The van der Waals surface area contributed by atoms with Gasteiger partial charge in [0.05, 0.1) is 6.54 Å². The standard InChI is InChI=1S/C17H30N4/c1-5-18-17(19-11-12-21(6-2)7-3)20-14-16-10-8-9-15(4)13-16/h8-10,13H,5-7,11-12,14H2,1-4H3,(H2,18,19,20). The Morgan fingerprint density at radius 1 is 1.14 bits per heavy atom. The van der Waals surface area contributed by atoms with Crippen molar-refractivity contribution in [3.05, 3.63) is 35.4 Å². The lowest BCUT2D eigenvalue weighted by Gasteiger charge is -2.19. The maximum atomic E-state index is 4.65. The number of guanidine groups is 1. The number of aliphatic imine (C=N–C) groups is 1. The molecule has 0 aromatic heterocycles. The zero-order chi connectivity index (χ0) is 15.5. The first-order valence-electron chi connectivity index (χ1n) is 7.99. The third kappa shape index (κ3) is 7.14. The topological polar surface area (TPSA) is 39.7 Å². The van der Waals surface area contributed by atoms with Crippen LogP contribution in [0.2, 0.25) is 0 Å². The normalized spacial score (nSPS) is 11.8. The molecule has 1 aromatic rings. The summed E-state index contributed by atoms with van der Waals surface area (Å²) in [5.74, 6) is 0.895. The molecule has 0 aliphatic heterocycles. The molecule has 0 bridgehead atoms. The maximum Gasteiger partial charge on any atom is 0.191 e. The van der Waals surface area contributed by atoms with E-state index in [2.05, 4.69) is 72.5 Å². The van der Waals surface area contributed by atoms with Gasteiger partial charge in [-0.1, -0.05) is 43.7 Å². The predicted octanol–water partition coefficient (Wildman–Crippen LogP) is 2.39. The average Bonchev–Trinajstić information content (AvgIpc) is 2.49. The third-order valence-corrected chi connectivity index (χ3v) is 3.46. The summed E-state index contributed by atoms with van der Waals surface area (Å²) in [6, 6.07) is 8.50. The van der Waals surface area contributed by atoms with Crippen LogP contribution < -0.4 is 10.6 Å². The van der Waals surface area contributed by atoms with Crippen LogP contribution in [-0.4, -0.2) is 43.6 Å². The first-order chi connectivity index (χ1) is 10.2. The van der Waals surface area contributed by atoms with Crippen molar-refractivity contribution in [1.82, 2.24) is 15.5 Å². The van der Waals surface area contributed by atoms with Crippen molar-refractivity contribution in [2.24, 2.45) is 4.99 Å². The highest BCUT2D eigenvalue weighted by atomic mass is 15.2. The molecule has 0 amide bonds. The Morgan fingerprint density at radius 2 is 1.90 bits per heavy atom. The molecular formula is C17H30N4. The maximum absolute atomic E-state index is 4.65. The molecule has 2 N–H and O–H groups in total. The van der Waals surface area contributed by atoms with Crippen LogP contribution in [0.25, 0.3) is 0 Å². The minimum Gasteiger partial charge on any atom is -0.357 e. The second-order valence-corrected chi connectivity index (χ2v) is 5.14. The van der Waals surface area contributed by atoms with E-state index >= 15 is 0 Å². The van der Waals surface area contributed by atoms with Gasteiger partial charge >= 0.3 is 0 Å². The van der Waals surface area contributed by atoms with E-state index in [0.29, 0.717) is 6.54 Å². The van der Waals surface area contributed by atoms with E-state index in [-0.39, 0.29) is 0 Å². The van der Waals surface area contributed by atoms with Gasteiger partial charge in [-0.05, 0) is 32.5 Å². The number of nitrogens with one attached hydrogen (secondary N) is 2. The molecule has 0 heterocycles. The molecule has 0 unspecified atom stereocenters. The lowest BCUT2D eigenvalue weighted by molar-refractivity contribution is 0.308. The molecule has 0 aliphatic rings. The van der Waals surface area contributed by atoms with Crippen LogP contribution in [0.4, 0.5) is 0 Å². The van der Waals surface area contributed by atoms with Crippen molar-refractivity contribution >= 4 is 5.96 Å². The molecule has 4 heteroatoms. The van der Waals surface area contributed by atoms with Crippen LogP contribution in [0.1, 0.15) is 31.9 Å². The number of nitrogens with zero attached hydrogens (tertiary/aromatic N) is 2. The van der Waals surface area contributed by atoms with Crippen LogP contribution in [-0.2, 0) is 6.54 Å². The summed E-state index contributed by atoms with van der Waals surface area (Å²) in [6.07, 6.45) is 0. The van der Waals surface area contributed by atoms with Crippen LogP contribution in [0, 0.1) is 6.92 Å². The second-order valence-electron chi connectivity index (χ2n) is 5.14. The van der Waals surface area contributed by atoms with Gasteiger partial charge in [-0.3, -0.25) is 0 Å². The molecule has 4 nitrogen and oxygen atoms in total. The Hall–Kier alpha value is -1.55. The zero-order valence-electron chi connectivity index (χ0n) is 13.9. The Labute approximate surface area is 129 Å². The van der Waals surface area contributed by atoms with Crippen molar-refractivity contribution in [1.29, 1.82) is 0 Å². The highest BCUT2D eigenvalue weighted by Crippen LogP contribution is 2.04. The quantitative estimate of drug-likeness (QED) is 0.570. The fourth-order valence-electron chi connectivity index (χ4n) is 2.19. The highest BCUT2D eigenvalue weighted by molar-refractivity contribution is 5.79.